The number of hydrogen-bond acceptors (Lipinski definition) is 5. The summed E-state index contributed by atoms with van der Waals surface area (Å²) in [4.78, 5) is 3.82. The largest absolute Gasteiger partial charge is 0.419 e. The molecule has 2 rings (SSSR count). The minimum atomic E-state index is -4.74. The van der Waals surface area contributed by atoms with Crippen LogP contribution in [0, 0.1) is 5.82 Å². The van der Waals surface area contributed by atoms with E-state index in [0.29, 0.717) is 11.2 Å². The van der Waals surface area contributed by atoms with E-state index in [1.807, 2.05) is 0 Å². The Balaban J connectivity index is 2.17. The standard InChI is InChI=1S/C11H8F4N4S/c12-9-6(2-1-3-7(9)11(13,14)15)4-17-19-10-18-8(16)5-20-10/h1-5H,16H2,(H,18,19). The van der Waals surface area contributed by atoms with Gasteiger partial charge in [-0.25, -0.2) is 9.37 Å². The molecular weight excluding hydrogens is 296 g/mol. The Labute approximate surface area is 114 Å². The summed E-state index contributed by atoms with van der Waals surface area (Å²) in [5.74, 6) is -1.08. The van der Waals surface area contributed by atoms with Gasteiger partial charge in [0.1, 0.15) is 11.6 Å². The third kappa shape index (κ3) is 3.23. The van der Waals surface area contributed by atoms with Crippen molar-refractivity contribution in [1.29, 1.82) is 0 Å². The Kier molecular flexibility index (Phi) is 3.89. The number of rotatable bonds is 3. The minimum Gasteiger partial charge on any atom is -0.383 e. The van der Waals surface area contributed by atoms with Crippen LogP contribution >= 0.6 is 11.3 Å². The summed E-state index contributed by atoms with van der Waals surface area (Å²) in [6.45, 7) is 0. The number of halogens is 4. The third-order valence-corrected chi connectivity index (χ3v) is 2.98. The predicted octanol–water partition coefficient (Wildman–Crippen LogP) is 3.33. The van der Waals surface area contributed by atoms with E-state index in [1.165, 1.54) is 6.07 Å². The average Bonchev–Trinajstić information content (AvgIpc) is 2.76. The van der Waals surface area contributed by atoms with Gasteiger partial charge >= 0.3 is 6.18 Å². The highest BCUT2D eigenvalue weighted by molar-refractivity contribution is 7.14. The molecule has 0 fully saturated rings. The molecule has 0 saturated carbocycles. The van der Waals surface area contributed by atoms with Crippen LogP contribution in [0.25, 0.3) is 0 Å². The highest BCUT2D eigenvalue weighted by atomic mass is 32.1. The first kappa shape index (κ1) is 14.3. The molecule has 0 amide bonds. The molecule has 0 aliphatic rings. The van der Waals surface area contributed by atoms with Gasteiger partial charge in [-0.15, -0.1) is 11.3 Å². The number of anilines is 2. The summed E-state index contributed by atoms with van der Waals surface area (Å²) in [6.07, 6.45) is -3.80. The fourth-order valence-corrected chi connectivity index (χ4v) is 1.91. The summed E-state index contributed by atoms with van der Waals surface area (Å²) < 4.78 is 51.1. The van der Waals surface area contributed by atoms with Crippen molar-refractivity contribution in [3.05, 3.63) is 40.5 Å². The van der Waals surface area contributed by atoms with E-state index in [9.17, 15) is 17.6 Å². The first-order valence-corrected chi connectivity index (χ1v) is 6.11. The van der Waals surface area contributed by atoms with Crippen molar-refractivity contribution in [2.24, 2.45) is 5.10 Å². The average molecular weight is 304 g/mol. The van der Waals surface area contributed by atoms with Gasteiger partial charge < -0.3 is 5.73 Å². The maximum Gasteiger partial charge on any atom is 0.419 e. The molecule has 9 heteroatoms. The van der Waals surface area contributed by atoms with Crippen LogP contribution in [0.15, 0.2) is 28.7 Å². The molecule has 0 atom stereocenters. The Morgan fingerprint density at radius 3 is 2.70 bits per heavy atom. The fourth-order valence-electron chi connectivity index (χ4n) is 1.36. The number of alkyl halides is 3. The summed E-state index contributed by atoms with van der Waals surface area (Å²) in [7, 11) is 0. The lowest BCUT2D eigenvalue weighted by molar-refractivity contribution is -0.140. The van der Waals surface area contributed by atoms with Crippen molar-refractivity contribution in [3.8, 4) is 0 Å². The summed E-state index contributed by atoms with van der Waals surface area (Å²) in [5, 5.41) is 5.53. The van der Waals surface area contributed by atoms with Crippen LogP contribution in [0.2, 0.25) is 0 Å². The zero-order chi connectivity index (χ0) is 14.8. The number of aromatic nitrogens is 1. The van der Waals surface area contributed by atoms with Crippen LogP contribution in [0.3, 0.4) is 0 Å². The first-order chi connectivity index (χ1) is 9.38. The molecule has 0 aliphatic carbocycles. The molecule has 106 valence electrons. The number of benzene rings is 1. The maximum absolute atomic E-state index is 13.6. The summed E-state index contributed by atoms with van der Waals surface area (Å²) >= 11 is 1.16. The zero-order valence-corrected chi connectivity index (χ0v) is 10.6. The highest BCUT2D eigenvalue weighted by Gasteiger charge is 2.34. The normalized spacial score (nSPS) is 12.0. The smallest absolute Gasteiger partial charge is 0.383 e. The molecule has 1 heterocycles. The van der Waals surface area contributed by atoms with Gasteiger partial charge in [0.15, 0.2) is 0 Å². The van der Waals surface area contributed by atoms with E-state index < -0.39 is 17.6 Å². The van der Waals surface area contributed by atoms with Gasteiger partial charge in [-0.05, 0) is 6.07 Å². The van der Waals surface area contributed by atoms with Crippen molar-refractivity contribution in [2.45, 2.75) is 6.18 Å². The van der Waals surface area contributed by atoms with Crippen LogP contribution in [0.4, 0.5) is 28.5 Å². The van der Waals surface area contributed by atoms with E-state index in [2.05, 4.69) is 15.5 Å². The molecule has 0 unspecified atom stereocenters. The lowest BCUT2D eigenvalue weighted by Crippen LogP contribution is -2.09. The van der Waals surface area contributed by atoms with Gasteiger partial charge in [0.25, 0.3) is 0 Å². The molecule has 0 aliphatic heterocycles. The number of nitrogens with two attached hydrogens (primary N) is 1. The number of hydrogen-bond donors (Lipinski definition) is 2. The van der Waals surface area contributed by atoms with Crippen molar-refractivity contribution in [1.82, 2.24) is 4.98 Å². The van der Waals surface area contributed by atoms with E-state index >= 15 is 0 Å². The number of thiazole rings is 1. The van der Waals surface area contributed by atoms with E-state index in [1.54, 1.807) is 5.38 Å². The Bertz CT molecular complexity index is 636. The Hall–Kier alpha value is -2.16. The lowest BCUT2D eigenvalue weighted by atomic mass is 10.1. The minimum absolute atomic E-state index is 0.281. The molecular formula is C11H8F4N4S. The molecule has 0 bridgehead atoms. The van der Waals surface area contributed by atoms with Crippen molar-refractivity contribution in [3.63, 3.8) is 0 Å². The van der Waals surface area contributed by atoms with Gasteiger partial charge in [0, 0.05) is 10.9 Å². The van der Waals surface area contributed by atoms with Crippen LogP contribution in [-0.4, -0.2) is 11.2 Å². The van der Waals surface area contributed by atoms with Crippen molar-refractivity contribution >= 4 is 28.5 Å². The first-order valence-electron chi connectivity index (χ1n) is 5.23. The molecule has 2 aromatic rings. The molecule has 0 spiro atoms. The predicted molar refractivity (Wildman–Crippen MR) is 69.1 cm³/mol. The maximum atomic E-state index is 13.6. The van der Waals surface area contributed by atoms with E-state index in [4.69, 9.17) is 5.73 Å². The van der Waals surface area contributed by atoms with Crippen LogP contribution < -0.4 is 11.2 Å². The van der Waals surface area contributed by atoms with E-state index in [-0.39, 0.29) is 11.4 Å². The van der Waals surface area contributed by atoms with Crippen molar-refractivity contribution in [2.75, 3.05) is 11.2 Å². The SMILES string of the molecule is Nc1csc(NN=Cc2cccc(C(F)(F)F)c2F)n1. The monoisotopic (exact) mass is 304 g/mol. The molecule has 4 nitrogen and oxygen atoms in total. The van der Waals surface area contributed by atoms with Crippen LogP contribution in [-0.2, 0) is 6.18 Å². The van der Waals surface area contributed by atoms with E-state index in [0.717, 1.165) is 23.6 Å². The van der Waals surface area contributed by atoms with Crippen LogP contribution in [0.5, 0.6) is 0 Å². The second-order valence-corrected chi connectivity index (χ2v) is 4.51. The third-order valence-electron chi connectivity index (χ3n) is 2.22. The van der Waals surface area contributed by atoms with Gasteiger partial charge in [-0.3, -0.25) is 5.43 Å². The van der Waals surface area contributed by atoms with Gasteiger partial charge in [-0.2, -0.15) is 18.3 Å². The number of hydrazone groups is 1. The number of nitrogens with zero attached hydrogens (tertiary/aromatic N) is 2. The fraction of sp³-hybridized carbons (Fsp3) is 0.0909. The molecule has 0 saturated heterocycles. The highest BCUT2D eigenvalue weighted by Crippen LogP contribution is 2.32. The quantitative estimate of drug-likeness (QED) is 0.519. The summed E-state index contributed by atoms with van der Waals surface area (Å²) in [6, 6.07) is 2.96. The van der Waals surface area contributed by atoms with Crippen molar-refractivity contribution < 1.29 is 17.6 Å². The zero-order valence-electron chi connectivity index (χ0n) is 9.78. The second-order valence-electron chi connectivity index (χ2n) is 3.65. The number of nitrogen functional groups attached to an aromatic ring is 1. The molecule has 1 aromatic carbocycles. The Morgan fingerprint density at radius 2 is 2.10 bits per heavy atom. The van der Waals surface area contributed by atoms with Gasteiger partial charge in [-0.1, -0.05) is 12.1 Å². The van der Waals surface area contributed by atoms with Crippen LogP contribution in [0.1, 0.15) is 11.1 Å². The summed E-state index contributed by atoms with van der Waals surface area (Å²) in [5.41, 5.74) is 6.21. The lowest BCUT2D eigenvalue weighted by Gasteiger charge is -2.08. The van der Waals surface area contributed by atoms with Gasteiger partial charge in [0.05, 0.1) is 11.8 Å². The topological polar surface area (TPSA) is 63.3 Å². The second kappa shape index (κ2) is 5.45. The van der Waals surface area contributed by atoms with Gasteiger partial charge in [0.2, 0.25) is 5.13 Å². The number of nitrogens with one attached hydrogen (secondary N) is 1. The molecule has 1 aromatic heterocycles. The molecule has 0 radical (unpaired) electrons. The molecule has 20 heavy (non-hydrogen) atoms. The Morgan fingerprint density at radius 1 is 1.35 bits per heavy atom. The molecule has 3 N–H and O–H groups in total.